The molecule has 1 saturated heterocycles. The minimum atomic E-state index is -4.38. The summed E-state index contributed by atoms with van der Waals surface area (Å²) in [5.74, 6) is -0.544. The molecule has 1 aromatic heterocycles. The summed E-state index contributed by atoms with van der Waals surface area (Å²) < 4.78 is 44.9. The highest BCUT2D eigenvalue weighted by molar-refractivity contribution is 5.97. The first-order chi connectivity index (χ1) is 12.7. The van der Waals surface area contributed by atoms with Gasteiger partial charge in [-0.25, -0.2) is 0 Å². The highest BCUT2D eigenvalue weighted by Gasteiger charge is 2.42. The van der Waals surface area contributed by atoms with E-state index in [0.717, 1.165) is 23.7 Å². The number of pyridine rings is 1. The highest BCUT2D eigenvalue weighted by Crippen LogP contribution is 2.34. The van der Waals surface area contributed by atoms with E-state index < -0.39 is 24.0 Å². The Balaban J connectivity index is 1.79. The number of hydrogen-bond acceptors (Lipinski definition) is 3. The van der Waals surface area contributed by atoms with Crippen LogP contribution in [-0.2, 0) is 4.74 Å². The number of nitrogens with one attached hydrogen (secondary N) is 1. The van der Waals surface area contributed by atoms with Crippen molar-refractivity contribution in [1.29, 1.82) is 0 Å². The molecule has 146 valence electrons. The molecule has 1 N–H and O–H groups in total. The number of ether oxygens (including phenoxy) is 1. The topological polar surface area (TPSA) is 51.2 Å². The lowest BCUT2D eigenvalue weighted by molar-refractivity contribution is -0.150. The molecule has 0 spiro atoms. The fraction of sp³-hybridized carbons (Fsp3) is 0.500. The second kappa shape index (κ2) is 7.84. The highest BCUT2D eigenvalue weighted by atomic mass is 19.4. The van der Waals surface area contributed by atoms with Crippen LogP contribution in [0.3, 0.4) is 0 Å². The summed E-state index contributed by atoms with van der Waals surface area (Å²) >= 11 is 0. The van der Waals surface area contributed by atoms with Crippen molar-refractivity contribution < 1.29 is 22.7 Å². The number of carbonyl (C=O) groups is 1. The first-order valence-electron chi connectivity index (χ1n) is 9.06. The van der Waals surface area contributed by atoms with Crippen LogP contribution in [0.2, 0.25) is 0 Å². The molecule has 3 rings (SSSR count). The van der Waals surface area contributed by atoms with Crippen molar-refractivity contribution in [3.63, 3.8) is 0 Å². The number of halogens is 3. The first-order valence-corrected chi connectivity index (χ1v) is 9.06. The smallest absolute Gasteiger partial charge is 0.381 e. The van der Waals surface area contributed by atoms with Crippen molar-refractivity contribution in [3.8, 4) is 0 Å². The second-order valence-corrected chi connectivity index (χ2v) is 7.51. The van der Waals surface area contributed by atoms with Crippen LogP contribution in [0.25, 0.3) is 10.9 Å². The molecular formula is C20H23F3N2O2. The largest absolute Gasteiger partial charge is 0.391 e. The molecule has 7 heteroatoms. The minimum absolute atomic E-state index is 0.00104. The van der Waals surface area contributed by atoms with Crippen molar-refractivity contribution in [1.82, 2.24) is 10.3 Å². The monoisotopic (exact) mass is 380 g/mol. The van der Waals surface area contributed by atoms with E-state index in [2.05, 4.69) is 10.3 Å². The zero-order valence-electron chi connectivity index (χ0n) is 15.2. The summed E-state index contributed by atoms with van der Waals surface area (Å²) in [4.78, 5) is 16.9. The van der Waals surface area contributed by atoms with Gasteiger partial charge in [-0.1, -0.05) is 18.2 Å². The second-order valence-electron chi connectivity index (χ2n) is 7.51. The van der Waals surface area contributed by atoms with Crippen LogP contribution in [0.15, 0.2) is 36.5 Å². The summed E-state index contributed by atoms with van der Waals surface area (Å²) in [6.45, 7) is 2.53. The summed E-state index contributed by atoms with van der Waals surface area (Å²) in [5.41, 5.74) is -0.416. The molecule has 2 heterocycles. The quantitative estimate of drug-likeness (QED) is 0.831. The van der Waals surface area contributed by atoms with E-state index in [0.29, 0.717) is 13.2 Å². The number of hydrogen-bond donors (Lipinski definition) is 1. The van der Waals surface area contributed by atoms with Gasteiger partial charge in [0.2, 0.25) is 0 Å². The molecule has 4 nitrogen and oxygen atoms in total. The Kier molecular flexibility index (Phi) is 5.69. The van der Waals surface area contributed by atoms with Crippen molar-refractivity contribution in [2.45, 2.75) is 44.3 Å². The van der Waals surface area contributed by atoms with E-state index in [-0.39, 0.29) is 17.9 Å². The molecule has 1 aliphatic rings. The summed E-state index contributed by atoms with van der Waals surface area (Å²) in [6.07, 6.45) is -2.20. The van der Waals surface area contributed by atoms with Crippen LogP contribution in [0.5, 0.6) is 0 Å². The van der Waals surface area contributed by atoms with Crippen LogP contribution < -0.4 is 5.32 Å². The Morgan fingerprint density at radius 2 is 2.11 bits per heavy atom. The third kappa shape index (κ3) is 5.42. The molecule has 0 saturated carbocycles. The summed E-state index contributed by atoms with van der Waals surface area (Å²) in [5, 5.41) is 3.39. The van der Waals surface area contributed by atoms with Gasteiger partial charge in [-0.3, -0.25) is 9.78 Å². The van der Waals surface area contributed by atoms with Gasteiger partial charge in [-0.2, -0.15) is 13.2 Å². The van der Waals surface area contributed by atoms with E-state index in [1.165, 1.54) is 13.1 Å². The lowest BCUT2D eigenvalue weighted by Gasteiger charge is -2.36. The van der Waals surface area contributed by atoms with Gasteiger partial charge >= 0.3 is 6.18 Å². The maximum absolute atomic E-state index is 13.2. The van der Waals surface area contributed by atoms with Gasteiger partial charge in [0.05, 0.1) is 17.5 Å². The van der Waals surface area contributed by atoms with Crippen LogP contribution in [-0.4, -0.2) is 35.8 Å². The number of nitrogens with zero attached hydrogens (tertiary/aromatic N) is 1. The number of amides is 1. The molecule has 2 unspecified atom stereocenters. The molecular weight excluding hydrogens is 357 g/mol. The molecule has 27 heavy (non-hydrogen) atoms. The molecule has 2 aromatic rings. The van der Waals surface area contributed by atoms with Crippen LogP contribution in [0.4, 0.5) is 13.2 Å². The number of para-hydroxylation sites is 1. The molecule has 1 amide bonds. The third-order valence-electron chi connectivity index (χ3n) is 4.85. The Labute approximate surface area is 156 Å². The number of alkyl halides is 3. The van der Waals surface area contributed by atoms with Gasteiger partial charge in [0.25, 0.3) is 5.91 Å². The van der Waals surface area contributed by atoms with Crippen LogP contribution in [0, 0.1) is 5.92 Å². The number of aromatic nitrogens is 1. The summed E-state index contributed by atoms with van der Waals surface area (Å²) in [6, 6.07) is 8.93. The molecule has 2 atom stereocenters. The van der Waals surface area contributed by atoms with Gasteiger partial charge in [-0.15, -0.1) is 0 Å². The van der Waals surface area contributed by atoms with Crippen molar-refractivity contribution >= 4 is 16.8 Å². The molecule has 1 aromatic carbocycles. The minimum Gasteiger partial charge on any atom is -0.381 e. The Morgan fingerprint density at radius 3 is 2.81 bits per heavy atom. The normalized spacial score (nSPS) is 20.2. The number of rotatable bonds is 5. The zero-order valence-corrected chi connectivity index (χ0v) is 15.2. The molecule has 1 aliphatic heterocycles. The van der Waals surface area contributed by atoms with Crippen LogP contribution in [0.1, 0.15) is 43.0 Å². The van der Waals surface area contributed by atoms with E-state index in [1.807, 2.05) is 24.3 Å². The average molecular weight is 380 g/mol. The van der Waals surface area contributed by atoms with Gasteiger partial charge in [-0.05, 0) is 44.2 Å². The fourth-order valence-corrected chi connectivity index (χ4v) is 3.76. The van der Waals surface area contributed by atoms with E-state index >= 15 is 0 Å². The summed E-state index contributed by atoms with van der Waals surface area (Å²) in [7, 11) is 0. The number of fused-ring (bicyclic) bond motifs is 1. The lowest BCUT2D eigenvalue weighted by Crippen LogP contribution is -2.50. The SMILES string of the molecule is CC(CC1CCCOC1)(CC(F)(F)F)NC(=O)c1cnc2ccccc2c1. The van der Waals surface area contributed by atoms with Crippen LogP contribution >= 0.6 is 0 Å². The van der Waals surface area contributed by atoms with E-state index in [1.54, 1.807) is 6.07 Å². The van der Waals surface area contributed by atoms with E-state index in [4.69, 9.17) is 4.74 Å². The molecule has 1 fully saturated rings. The maximum Gasteiger partial charge on any atom is 0.391 e. The van der Waals surface area contributed by atoms with Crippen molar-refractivity contribution in [2.75, 3.05) is 13.2 Å². The first kappa shape index (κ1) is 19.6. The Bertz CT molecular complexity index is 803. The Hall–Kier alpha value is -2.15. The number of benzene rings is 1. The molecule has 0 aliphatic carbocycles. The van der Waals surface area contributed by atoms with Crippen molar-refractivity contribution in [3.05, 3.63) is 42.1 Å². The third-order valence-corrected chi connectivity index (χ3v) is 4.85. The van der Waals surface area contributed by atoms with Gasteiger partial charge in [0.1, 0.15) is 0 Å². The van der Waals surface area contributed by atoms with Gasteiger partial charge in [0.15, 0.2) is 0 Å². The predicted octanol–water partition coefficient (Wildman–Crippen LogP) is 4.49. The number of carbonyl (C=O) groups excluding carboxylic acids is 1. The lowest BCUT2D eigenvalue weighted by atomic mass is 9.83. The zero-order chi connectivity index (χ0) is 19.5. The average Bonchev–Trinajstić information content (AvgIpc) is 2.60. The predicted molar refractivity (Wildman–Crippen MR) is 96.4 cm³/mol. The van der Waals surface area contributed by atoms with Gasteiger partial charge in [0, 0.05) is 30.3 Å². The van der Waals surface area contributed by atoms with Crippen molar-refractivity contribution in [2.24, 2.45) is 5.92 Å². The van der Waals surface area contributed by atoms with Gasteiger partial charge < -0.3 is 10.1 Å². The fourth-order valence-electron chi connectivity index (χ4n) is 3.76. The molecule has 0 bridgehead atoms. The Morgan fingerprint density at radius 1 is 1.33 bits per heavy atom. The maximum atomic E-state index is 13.2. The molecule has 0 radical (unpaired) electrons. The standard InChI is InChI=1S/C20H23F3N2O2/c1-19(13-20(21,22)23,10-14-5-4-8-27-12-14)25-18(26)16-9-15-6-2-3-7-17(15)24-11-16/h2-3,6-7,9,11,14H,4-5,8,10,12-13H2,1H3,(H,25,26). The van der Waals surface area contributed by atoms with E-state index in [9.17, 15) is 18.0 Å².